The van der Waals surface area contributed by atoms with Gasteiger partial charge in [-0.1, -0.05) is 130 Å². The summed E-state index contributed by atoms with van der Waals surface area (Å²) in [5.41, 5.74) is 21.8. The van der Waals surface area contributed by atoms with Crippen molar-refractivity contribution in [3.63, 3.8) is 0 Å². The van der Waals surface area contributed by atoms with E-state index in [-0.39, 0.29) is 10.8 Å². The van der Waals surface area contributed by atoms with Crippen molar-refractivity contribution < 1.29 is 0 Å². The molecule has 0 saturated heterocycles. The maximum atomic E-state index is 5.94. The highest BCUT2D eigenvalue weighted by Gasteiger charge is 2.25. The second kappa shape index (κ2) is 11.7. The van der Waals surface area contributed by atoms with Crippen molar-refractivity contribution in [2.45, 2.75) is 45.4 Å². The van der Waals surface area contributed by atoms with Gasteiger partial charge in [0.2, 0.25) is 0 Å². The summed E-state index contributed by atoms with van der Waals surface area (Å²) in [5.74, 6) is 1.92. The number of nitrogen functional groups attached to an aromatic ring is 2. The standard InChI is InChI=1S/C40H39N5/c1-26-6-8-27(9-7-26)36-43-37(28-10-14-30(15-11-28)39(2,3)32-18-22-34(41)23-19-32)45-38(44-36)29-12-16-31(17-13-29)40(4,5)33-20-24-35(42)25-21-33/h6-25H,41-42H2,1-5H3. The molecule has 0 aliphatic rings. The van der Waals surface area contributed by atoms with Crippen molar-refractivity contribution in [2.24, 2.45) is 0 Å². The third-order valence-electron chi connectivity index (χ3n) is 8.94. The molecule has 45 heavy (non-hydrogen) atoms. The number of hydrogen-bond donors (Lipinski definition) is 2. The first-order valence-corrected chi connectivity index (χ1v) is 15.3. The number of hydrogen-bond acceptors (Lipinski definition) is 5. The van der Waals surface area contributed by atoms with Crippen LogP contribution in [0.5, 0.6) is 0 Å². The van der Waals surface area contributed by atoms with Crippen LogP contribution >= 0.6 is 0 Å². The first-order valence-electron chi connectivity index (χ1n) is 15.3. The van der Waals surface area contributed by atoms with Crippen LogP contribution in [-0.4, -0.2) is 15.0 Å². The molecule has 1 heterocycles. The Labute approximate surface area is 266 Å². The molecule has 0 saturated carbocycles. The fraction of sp³-hybridized carbons (Fsp3) is 0.175. The average Bonchev–Trinajstić information content (AvgIpc) is 3.05. The predicted octanol–water partition coefficient (Wildman–Crippen LogP) is 9.00. The van der Waals surface area contributed by atoms with E-state index >= 15 is 0 Å². The molecule has 0 unspecified atom stereocenters. The Morgan fingerprint density at radius 1 is 0.378 bits per heavy atom. The van der Waals surface area contributed by atoms with Crippen LogP contribution in [0.25, 0.3) is 34.2 Å². The monoisotopic (exact) mass is 589 g/mol. The highest BCUT2D eigenvalue weighted by atomic mass is 15.0. The predicted molar refractivity (Wildman–Crippen MR) is 187 cm³/mol. The number of nitrogens with two attached hydrogens (primary N) is 2. The molecule has 0 spiro atoms. The van der Waals surface area contributed by atoms with Gasteiger partial charge < -0.3 is 11.5 Å². The van der Waals surface area contributed by atoms with Crippen LogP contribution in [0.3, 0.4) is 0 Å². The summed E-state index contributed by atoms with van der Waals surface area (Å²) in [6.45, 7) is 11.0. The molecule has 1 aromatic heterocycles. The molecule has 5 nitrogen and oxygen atoms in total. The Morgan fingerprint density at radius 2 is 0.622 bits per heavy atom. The minimum atomic E-state index is -0.189. The van der Waals surface area contributed by atoms with Crippen molar-refractivity contribution in [1.29, 1.82) is 0 Å². The molecule has 6 rings (SSSR count). The van der Waals surface area contributed by atoms with Crippen molar-refractivity contribution in [2.75, 3.05) is 11.5 Å². The number of anilines is 2. The van der Waals surface area contributed by atoms with E-state index < -0.39 is 0 Å². The minimum Gasteiger partial charge on any atom is -0.399 e. The Morgan fingerprint density at radius 3 is 0.911 bits per heavy atom. The smallest absolute Gasteiger partial charge is 0.164 e. The lowest BCUT2D eigenvalue weighted by molar-refractivity contribution is 0.641. The molecule has 0 atom stereocenters. The van der Waals surface area contributed by atoms with E-state index in [1.165, 1.54) is 27.8 Å². The Balaban J connectivity index is 1.38. The van der Waals surface area contributed by atoms with Crippen molar-refractivity contribution in [3.05, 3.63) is 149 Å². The number of benzene rings is 5. The van der Waals surface area contributed by atoms with E-state index in [1.807, 2.05) is 24.3 Å². The van der Waals surface area contributed by atoms with E-state index in [2.05, 4.69) is 132 Å². The summed E-state index contributed by atoms with van der Waals surface area (Å²) in [4.78, 5) is 14.9. The maximum Gasteiger partial charge on any atom is 0.164 e. The fourth-order valence-electron chi connectivity index (χ4n) is 5.67. The summed E-state index contributed by atoms with van der Waals surface area (Å²) in [6.07, 6.45) is 0. The molecule has 0 aliphatic heterocycles. The first-order chi connectivity index (χ1) is 21.5. The lowest BCUT2D eigenvalue weighted by Gasteiger charge is -2.26. The molecule has 0 fully saturated rings. The van der Waals surface area contributed by atoms with Crippen LogP contribution < -0.4 is 11.5 Å². The topological polar surface area (TPSA) is 90.7 Å². The third kappa shape index (κ3) is 6.07. The van der Waals surface area contributed by atoms with Crippen molar-refractivity contribution >= 4 is 11.4 Å². The minimum absolute atomic E-state index is 0.189. The fourth-order valence-corrected chi connectivity index (χ4v) is 5.67. The zero-order chi connectivity index (χ0) is 31.8. The van der Waals surface area contributed by atoms with Gasteiger partial charge in [-0.15, -0.1) is 0 Å². The molecule has 224 valence electrons. The molecule has 0 bridgehead atoms. The second-order valence-electron chi connectivity index (χ2n) is 12.8. The normalized spacial score (nSPS) is 11.8. The molecular weight excluding hydrogens is 550 g/mol. The van der Waals surface area contributed by atoms with Crippen LogP contribution in [0.4, 0.5) is 11.4 Å². The molecule has 5 aromatic carbocycles. The first kappa shape index (κ1) is 29.8. The molecule has 0 aliphatic carbocycles. The van der Waals surface area contributed by atoms with Gasteiger partial charge in [-0.05, 0) is 53.4 Å². The quantitative estimate of drug-likeness (QED) is 0.181. The largest absolute Gasteiger partial charge is 0.399 e. The van der Waals surface area contributed by atoms with E-state index in [1.54, 1.807) is 0 Å². The zero-order valence-corrected chi connectivity index (χ0v) is 26.5. The Kier molecular flexibility index (Phi) is 7.71. The zero-order valence-electron chi connectivity index (χ0n) is 26.5. The van der Waals surface area contributed by atoms with Gasteiger partial charge in [-0.2, -0.15) is 0 Å². The summed E-state index contributed by atoms with van der Waals surface area (Å²) in [7, 11) is 0. The van der Waals surface area contributed by atoms with Gasteiger partial charge in [0.15, 0.2) is 17.5 Å². The van der Waals surface area contributed by atoms with Crippen LogP contribution in [-0.2, 0) is 10.8 Å². The molecule has 5 heteroatoms. The number of aromatic nitrogens is 3. The molecule has 6 aromatic rings. The summed E-state index contributed by atoms with van der Waals surface area (Å²) < 4.78 is 0. The molecule has 0 radical (unpaired) electrons. The Hall–Kier alpha value is -5.29. The van der Waals surface area contributed by atoms with Gasteiger partial charge in [0, 0.05) is 38.9 Å². The molecular formula is C40H39N5. The SMILES string of the molecule is Cc1ccc(-c2nc(-c3ccc(C(C)(C)c4ccc(N)cc4)cc3)nc(-c3ccc(C(C)(C)c4ccc(N)cc4)cc3)n2)cc1. The van der Waals surface area contributed by atoms with Crippen LogP contribution in [0.2, 0.25) is 0 Å². The molecule has 4 N–H and O–H groups in total. The van der Waals surface area contributed by atoms with E-state index in [9.17, 15) is 0 Å². The van der Waals surface area contributed by atoms with Crippen LogP contribution in [0.1, 0.15) is 55.5 Å². The van der Waals surface area contributed by atoms with E-state index in [4.69, 9.17) is 26.4 Å². The Bertz CT molecular complexity index is 1800. The van der Waals surface area contributed by atoms with Crippen LogP contribution in [0.15, 0.2) is 121 Å². The lowest BCUT2D eigenvalue weighted by Crippen LogP contribution is -2.18. The maximum absolute atomic E-state index is 5.94. The van der Waals surface area contributed by atoms with Gasteiger partial charge in [-0.25, -0.2) is 15.0 Å². The van der Waals surface area contributed by atoms with Gasteiger partial charge in [0.1, 0.15) is 0 Å². The van der Waals surface area contributed by atoms with Gasteiger partial charge in [0.05, 0.1) is 0 Å². The number of aryl methyl sites for hydroxylation is 1. The summed E-state index contributed by atoms with van der Waals surface area (Å²) in [6, 6.07) is 41.5. The highest BCUT2D eigenvalue weighted by Crippen LogP contribution is 2.35. The van der Waals surface area contributed by atoms with Crippen molar-refractivity contribution in [1.82, 2.24) is 15.0 Å². The molecule has 0 amide bonds. The van der Waals surface area contributed by atoms with E-state index in [0.717, 1.165) is 28.1 Å². The van der Waals surface area contributed by atoms with E-state index in [0.29, 0.717) is 17.5 Å². The van der Waals surface area contributed by atoms with Crippen molar-refractivity contribution in [3.8, 4) is 34.2 Å². The summed E-state index contributed by atoms with van der Waals surface area (Å²) in [5, 5.41) is 0. The number of rotatable bonds is 7. The highest BCUT2D eigenvalue weighted by molar-refractivity contribution is 5.67. The number of nitrogens with zero attached hydrogens (tertiary/aromatic N) is 3. The summed E-state index contributed by atoms with van der Waals surface area (Å²) >= 11 is 0. The van der Waals surface area contributed by atoms with Crippen LogP contribution in [0, 0.1) is 6.92 Å². The van der Waals surface area contributed by atoms with Gasteiger partial charge >= 0.3 is 0 Å². The lowest BCUT2D eigenvalue weighted by atomic mass is 9.78. The average molecular weight is 590 g/mol. The third-order valence-corrected chi connectivity index (χ3v) is 8.94. The van der Waals surface area contributed by atoms with Gasteiger partial charge in [-0.3, -0.25) is 0 Å². The second-order valence-corrected chi connectivity index (χ2v) is 12.8. The van der Waals surface area contributed by atoms with Gasteiger partial charge in [0.25, 0.3) is 0 Å².